The maximum Gasteiger partial charge on any atom is 0.251 e. The van der Waals surface area contributed by atoms with Crippen molar-refractivity contribution in [3.05, 3.63) is 84.2 Å². The van der Waals surface area contributed by atoms with Crippen LogP contribution in [0.1, 0.15) is 16.2 Å². The zero-order valence-corrected chi connectivity index (χ0v) is 15.2. The molecule has 1 heterocycles. The Hall–Kier alpha value is -3.67. The lowest BCUT2D eigenvalue weighted by Gasteiger charge is -2.12. The summed E-state index contributed by atoms with van der Waals surface area (Å²) in [5.74, 6) is 0.631. The summed E-state index contributed by atoms with van der Waals surface area (Å²) in [6, 6.07) is 15.8. The molecule has 0 fully saturated rings. The van der Waals surface area contributed by atoms with Crippen LogP contribution in [0.2, 0.25) is 0 Å². The summed E-state index contributed by atoms with van der Waals surface area (Å²) in [4.78, 5) is 19.5. The number of hydrogen-bond acceptors (Lipinski definition) is 3. The van der Waals surface area contributed by atoms with Crippen molar-refractivity contribution in [1.29, 1.82) is 0 Å². The first-order chi connectivity index (χ1) is 13.7. The SMILES string of the molecule is COc1cc(F)ccc1-c1cccc2cc(C(=O)NCc3ncc[nH]3)ccc12. The second kappa shape index (κ2) is 7.52. The van der Waals surface area contributed by atoms with E-state index in [0.717, 1.165) is 21.9 Å². The summed E-state index contributed by atoms with van der Waals surface area (Å²) in [5, 5.41) is 4.71. The maximum absolute atomic E-state index is 13.5. The van der Waals surface area contributed by atoms with Crippen molar-refractivity contribution in [3.63, 3.8) is 0 Å². The lowest BCUT2D eigenvalue weighted by Crippen LogP contribution is -2.23. The van der Waals surface area contributed by atoms with Crippen molar-refractivity contribution in [2.24, 2.45) is 0 Å². The number of benzene rings is 3. The molecule has 1 aromatic heterocycles. The first-order valence-corrected chi connectivity index (χ1v) is 8.79. The molecule has 28 heavy (non-hydrogen) atoms. The lowest BCUT2D eigenvalue weighted by atomic mass is 9.96. The molecule has 0 saturated heterocycles. The Morgan fingerprint density at radius 1 is 1.14 bits per heavy atom. The van der Waals surface area contributed by atoms with Gasteiger partial charge in [0.1, 0.15) is 17.4 Å². The molecule has 6 heteroatoms. The van der Waals surface area contributed by atoms with Gasteiger partial charge in [-0.2, -0.15) is 0 Å². The highest BCUT2D eigenvalue weighted by molar-refractivity contribution is 6.03. The number of hydrogen-bond donors (Lipinski definition) is 2. The van der Waals surface area contributed by atoms with Crippen molar-refractivity contribution in [1.82, 2.24) is 15.3 Å². The molecule has 2 N–H and O–H groups in total. The number of nitrogens with one attached hydrogen (secondary N) is 2. The van der Waals surface area contributed by atoms with Gasteiger partial charge in [-0.05, 0) is 40.6 Å². The number of imidazole rings is 1. The summed E-state index contributed by atoms with van der Waals surface area (Å²) in [5.41, 5.74) is 2.27. The number of halogens is 1. The number of nitrogens with zero attached hydrogens (tertiary/aromatic N) is 1. The van der Waals surface area contributed by atoms with Crippen LogP contribution < -0.4 is 10.1 Å². The average Bonchev–Trinajstić information content (AvgIpc) is 3.25. The second-order valence-corrected chi connectivity index (χ2v) is 6.30. The minimum atomic E-state index is -0.351. The predicted octanol–water partition coefficient (Wildman–Crippen LogP) is 4.31. The molecule has 0 aliphatic heterocycles. The maximum atomic E-state index is 13.5. The van der Waals surface area contributed by atoms with Gasteiger partial charge in [-0.1, -0.05) is 24.3 Å². The summed E-state index contributed by atoms with van der Waals surface area (Å²) in [6.07, 6.45) is 3.35. The van der Waals surface area contributed by atoms with Crippen LogP contribution in [0.4, 0.5) is 4.39 Å². The van der Waals surface area contributed by atoms with Gasteiger partial charge in [0.25, 0.3) is 5.91 Å². The largest absolute Gasteiger partial charge is 0.496 e. The highest BCUT2D eigenvalue weighted by Gasteiger charge is 2.12. The van der Waals surface area contributed by atoms with Crippen LogP contribution in [0.5, 0.6) is 5.75 Å². The summed E-state index contributed by atoms with van der Waals surface area (Å²) >= 11 is 0. The van der Waals surface area contributed by atoms with Gasteiger partial charge in [-0.3, -0.25) is 4.79 Å². The van der Waals surface area contributed by atoms with Crippen molar-refractivity contribution >= 4 is 16.7 Å². The number of amides is 1. The smallest absolute Gasteiger partial charge is 0.251 e. The molecule has 3 aromatic carbocycles. The van der Waals surface area contributed by atoms with Gasteiger partial charge in [0.15, 0.2) is 0 Å². The zero-order valence-electron chi connectivity index (χ0n) is 15.2. The summed E-state index contributed by atoms with van der Waals surface area (Å²) < 4.78 is 18.9. The Balaban J connectivity index is 1.67. The topological polar surface area (TPSA) is 67.0 Å². The van der Waals surface area contributed by atoms with Crippen LogP contribution in [-0.4, -0.2) is 23.0 Å². The van der Waals surface area contributed by atoms with Crippen LogP contribution in [0.25, 0.3) is 21.9 Å². The zero-order chi connectivity index (χ0) is 19.5. The summed E-state index contributed by atoms with van der Waals surface area (Å²) in [7, 11) is 1.52. The van der Waals surface area contributed by atoms with Gasteiger partial charge in [-0.25, -0.2) is 9.37 Å². The molecular weight excluding hydrogens is 357 g/mol. The molecule has 0 aliphatic rings. The van der Waals surface area contributed by atoms with Crippen LogP contribution >= 0.6 is 0 Å². The molecule has 5 nitrogen and oxygen atoms in total. The van der Waals surface area contributed by atoms with Crippen molar-refractivity contribution in [2.45, 2.75) is 6.54 Å². The molecule has 0 unspecified atom stereocenters. The van der Waals surface area contributed by atoms with Gasteiger partial charge in [0.2, 0.25) is 0 Å². The van der Waals surface area contributed by atoms with Crippen LogP contribution in [-0.2, 0) is 6.54 Å². The van der Waals surface area contributed by atoms with E-state index in [0.29, 0.717) is 23.7 Å². The van der Waals surface area contributed by atoms with E-state index in [2.05, 4.69) is 15.3 Å². The van der Waals surface area contributed by atoms with E-state index in [4.69, 9.17) is 4.74 Å². The Morgan fingerprint density at radius 3 is 2.82 bits per heavy atom. The first-order valence-electron chi connectivity index (χ1n) is 8.79. The third kappa shape index (κ3) is 3.44. The van der Waals surface area contributed by atoms with E-state index in [1.807, 2.05) is 30.3 Å². The van der Waals surface area contributed by atoms with E-state index < -0.39 is 0 Å². The van der Waals surface area contributed by atoms with Gasteiger partial charge < -0.3 is 15.0 Å². The van der Waals surface area contributed by atoms with Crippen molar-refractivity contribution in [2.75, 3.05) is 7.11 Å². The van der Waals surface area contributed by atoms with E-state index >= 15 is 0 Å². The molecule has 4 aromatic rings. The van der Waals surface area contributed by atoms with Crippen LogP contribution in [0.15, 0.2) is 67.0 Å². The number of aromatic amines is 1. The number of aromatic nitrogens is 2. The van der Waals surface area contributed by atoms with Crippen molar-refractivity contribution in [3.8, 4) is 16.9 Å². The van der Waals surface area contributed by atoms with Gasteiger partial charge >= 0.3 is 0 Å². The monoisotopic (exact) mass is 375 g/mol. The highest BCUT2D eigenvalue weighted by Crippen LogP contribution is 2.35. The molecule has 0 saturated carbocycles. The molecule has 0 radical (unpaired) electrons. The third-order valence-corrected chi connectivity index (χ3v) is 4.57. The number of carbonyl (C=O) groups excluding carboxylic acids is 1. The average molecular weight is 375 g/mol. The molecule has 0 aliphatic carbocycles. The molecule has 4 rings (SSSR count). The van der Waals surface area contributed by atoms with Crippen LogP contribution in [0.3, 0.4) is 0 Å². The number of ether oxygens (including phenoxy) is 1. The molecule has 0 bridgehead atoms. The van der Waals surface area contributed by atoms with E-state index in [9.17, 15) is 9.18 Å². The predicted molar refractivity (Wildman–Crippen MR) is 106 cm³/mol. The Bertz CT molecular complexity index is 1140. The minimum absolute atomic E-state index is 0.178. The highest BCUT2D eigenvalue weighted by atomic mass is 19.1. The number of rotatable bonds is 5. The summed E-state index contributed by atoms with van der Waals surface area (Å²) in [6.45, 7) is 0.330. The first kappa shape index (κ1) is 17.7. The van der Waals surface area contributed by atoms with Gasteiger partial charge in [0.05, 0.1) is 13.7 Å². The fraction of sp³-hybridized carbons (Fsp3) is 0.0909. The lowest BCUT2D eigenvalue weighted by molar-refractivity contribution is 0.0950. The normalized spacial score (nSPS) is 10.8. The molecular formula is C22H18FN3O2. The second-order valence-electron chi connectivity index (χ2n) is 6.30. The number of fused-ring (bicyclic) bond motifs is 1. The quantitative estimate of drug-likeness (QED) is 0.546. The number of H-pyrrole nitrogens is 1. The number of methoxy groups -OCH3 is 1. The van der Waals surface area contributed by atoms with E-state index in [1.54, 1.807) is 24.5 Å². The standard InChI is InChI=1S/C22H18FN3O2/c1-28-20-12-16(23)6-8-19(20)18-4-2-3-14-11-15(5-7-17(14)18)22(27)26-13-21-24-9-10-25-21/h2-12H,13H2,1H3,(H,24,25)(H,26,27). The molecule has 0 atom stereocenters. The van der Waals surface area contributed by atoms with Crippen molar-refractivity contribution < 1.29 is 13.9 Å². The fourth-order valence-corrected chi connectivity index (χ4v) is 3.21. The fourth-order valence-electron chi connectivity index (χ4n) is 3.21. The van der Waals surface area contributed by atoms with E-state index in [1.165, 1.54) is 19.2 Å². The Labute approximate surface area is 161 Å². The van der Waals surface area contributed by atoms with Crippen LogP contribution in [0, 0.1) is 5.82 Å². The Kier molecular flexibility index (Phi) is 4.76. The Morgan fingerprint density at radius 2 is 2.04 bits per heavy atom. The molecule has 140 valence electrons. The number of carbonyl (C=O) groups is 1. The van der Waals surface area contributed by atoms with Gasteiger partial charge in [0, 0.05) is 29.6 Å². The van der Waals surface area contributed by atoms with Gasteiger partial charge in [-0.15, -0.1) is 0 Å². The molecule has 0 spiro atoms. The minimum Gasteiger partial charge on any atom is -0.496 e. The molecule has 1 amide bonds. The third-order valence-electron chi connectivity index (χ3n) is 4.57. The van der Waals surface area contributed by atoms with E-state index in [-0.39, 0.29) is 11.7 Å².